The van der Waals surface area contributed by atoms with E-state index in [-0.39, 0.29) is 11.3 Å². The molecule has 3 N–H and O–H groups in total. The monoisotopic (exact) mass is 287 g/mol. The standard InChI is InChI=1S/C15H21N5O/c1-10-17-7-8-20(10)12-6-5-11(9-18-12)19-14(21)13(16)15(2,3)4/h5-9,13H,16H2,1-4H3,(H,19,21)/t13-/m1/s1. The van der Waals surface area contributed by atoms with Crippen molar-refractivity contribution in [1.29, 1.82) is 0 Å². The lowest BCUT2D eigenvalue weighted by atomic mass is 9.87. The molecule has 2 rings (SSSR count). The van der Waals surface area contributed by atoms with Crippen LogP contribution >= 0.6 is 0 Å². The number of aromatic nitrogens is 3. The maximum atomic E-state index is 12.0. The minimum absolute atomic E-state index is 0.212. The number of nitrogens with zero attached hydrogens (tertiary/aromatic N) is 3. The van der Waals surface area contributed by atoms with Gasteiger partial charge in [0.1, 0.15) is 11.6 Å². The number of hydrogen-bond donors (Lipinski definition) is 2. The van der Waals surface area contributed by atoms with Gasteiger partial charge in [-0.1, -0.05) is 20.8 Å². The normalized spacial score (nSPS) is 13.0. The van der Waals surface area contributed by atoms with Crippen LogP contribution in [0, 0.1) is 12.3 Å². The van der Waals surface area contributed by atoms with Gasteiger partial charge in [-0.2, -0.15) is 0 Å². The molecule has 1 amide bonds. The highest BCUT2D eigenvalue weighted by molar-refractivity contribution is 5.95. The number of carbonyl (C=O) groups is 1. The molecular weight excluding hydrogens is 266 g/mol. The van der Waals surface area contributed by atoms with Gasteiger partial charge in [-0.05, 0) is 24.5 Å². The molecule has 0 unspecified atom stereocenters. The van der Waals surface area contributed by atoms with Gasteiger partial charge in [-0.15, -0.1) is 0 Å². The Bertz CT molecular complexity index is 624. The average molecular weight is 287 g/mol. The summed E-state index contributed by atoms with van der Waals surface area (Å²) >= 11 is 0. The molecule has 0 fully saturated rings. The number of imidazole rings is 1. The Kier molecular flexibility index (Phi) is 4.09. The topological polar surface area (TPSA) is 85.8 Å². The summed E-state index contributed by atoms with van der Waals surface area (Å²) < 4.78 is 1.87. The number of rotatable bonds is 3. The van der Waals surface area contributed by atoms with E-state index in [1.165, 1.54) is 0 Å². The number of nitrogens with one attached hydrogen (secondary N) is 1. The Hall–Kier alpha value is -2.21. The number of hydrogen-bond acceptors (Lipinski definition) is 4. The van der Waals surface area contributed by atoms with Crippen LogP contribution < -0.4 is 11.1 Å². The van der Waals surface area contributed by atoms with Crippen LogP contribution in [-0.2, 0) is 4.79 Å². The van der Waals surface area contributed by atoms with Gasteiger partial charge in [0.15, 0.2) is 0 Å². The molecule has 0 aliphatic rings. The fraction of sp³-hybridized carbons (Fsp3) is 0.400. The van der Waals surface area contributed by atoms with Crippen molar-refractivity contribution in [3.63, 3.8) is 0 Å². The molecule has 1 atom stereocenters. The molecule has 0 saturated carbocycles. The van der Waals surface area contributed by atoms with E-state index in [1.807, 2.05) is 44.5 Å². The molecule has 0 bridgehead atoms. The van der Waals surface area contributed by atoms with E-state index in [4.69, 9.17) is 5.73 Å². The predicted octanol–water partition coefficient (Wildman–Crippen LogP) is 1.89. The molecule has 21 heavy (non-hydrogen) atoms. The molecule has 0 aliphatic carbocycles. The smallest absolute Gasteiger partial charge is 0.241 e. The first-order valence-corrected chi connectivity index (χ1v) is 6.82. The number of anilines is 1. The zero-order valence-corrected chi connectivity index (χ0v) is 12.8. The van der Waals surface area contributed by atoms with Gasteiger partial charge in [0.25, 0.3) is 0 Å². The highest BCUT2D eigenvalue weighted by atomic mass is 16.2. The van der Waals surface area contributed by atoms with Crippen molar-refractivity contribution < 1.29 is 4.79 Å². The first-order chi connectivity index (χ1) is 9.79. The fourth-order valence-corrected chi connectivity index (χ4v) is 1.84. The van der Waals surface area contributed by atoms with Gasteiger partial charge in [-0.25, -0.2) is 9.97 Å². The third-order valence-corrected chi connectivity index (χ3v) is 3.30. The maximum absolute atomic E-state index is 12.0. The lowest BCUT2D eigenvalue weighted by molar-refractivity contribution is -0.119. The van der Waals surface area contributed by atoms with E-state index < -0.39 is 6.04 Å². The van der Waals surface area contributed by atoms with Crippen molar-refractivity contribution in [2.45, 2.75) is 33.7 Å². The highest BCUT2D eigenvalue weighted by Gasteiger charge is 2.27. The molecule has 6 heteroatoms. The Morgan fingerprint density at radius 3 is 2.52 bits per heavy atom. The number of amides is 1. The third-order valence-electron chi connectivity index (χ3n) is 3.30. The molecular formula is C15H21N5O. The largest absolute Gasteiger partial charge is 0.323 e. The third kappa shape index (κ3) is 3.46. The van der Waals surface area contributed by atoms with E-state index in [0.29, 0.717) is 5.69 Å². The van der Waals surface area contributed by atoms with Crippen molar-refractivity contribution in [1.82, 2.24) is 14.5 Å². The van der Waals surface area contributed by atoms with Crippen LogP contribution in [0.25, 0.3) is 5.82 Å². The first kappa shape index (κ1) is 15.2. The van der Waals surface area contributed by atoms with Crippen LogP contribution in [0.2, 0.25) is 0 Å². The van der Waals surface area contributed by atoms with Crippen LogP contribution in [-0.4, -0.2) is 26.5 Å². The minimum Gasteiger partial charge on any atom is -0.323 e. The lowest BCUT2D eigenvalue weighted by Gasteiger charge is -2.25. The summed E-state index contributed by atoms with van der Waals surface area (Å²) in [6.45, 7) is 7.70. The molecule has 6 nitrogen and oxygen atoms in total. The fourth-order valence-electron chi connectivity index (χ4n) is 1.84. The molecule has 0 radical (unpaired) electrons. The van der Waals surface area contributed by atoms with Crippen molar-refractivity contribution in [3.8, 4) is 5.82 Å². The van der Waals surface area contributed by atoms with Gasteiger partial charge in [-0.3, -0.25) is 9.36 Å². The summed E-state index contributed by atoms with van der Waals surface area (Å²) in [6, 6.07) is 3.05. The summed E-state index contributed by atoms with van der Waals surface area (Å²) in [4.78, 5) is 20.5. The first-order valence-electron chi connectivity index (χ1n) is 6.82. The highest BCUT2D eigenvalue weighted by Crippen LogP contribution is 2.19. The molecule has 2 heterocycles. The van der Waals surface area contributed by atoms with Gasteiger partial charge in [0, 0.05) is 12.4 Å². The second-order valence-electron chi connectivity index (χ2n) is 6.08. The van der Waals surface area contributed by atoms with Crippen molar-refractivity contribution in [2.75, 3.05) is 5.32 Å². The second kappa shape index (κ2) is 5.65. The van der Waals surface area contributed by atoms with Crippen molar-refractivity contribution >= 4 is 11.6 Å². The molecule has 0 aliphatic heterocycles. The Labute approximate surface area is 124 Å². The Morgan fingerprint density at radius 1 is 1.33 bits per heavy atom. The van der Waals surface area contributed by atoms with Crippen LogP contribution in [0.15, 0.2) is 30.7 Å². The zero-order valence-electron chi connectivity index (χ0n) is 12.8. The van der Waals surface area contributed by atoms with E-state index in [0.717, 1.165) is 11.6 Å². The molecule has 112 valence electrons. The zero-order chi connectivity index (χ0) is 15.6. The van der Waals surface area contributed by atoms with E-state index in [2.05, 4.69) is 15.3 Å². The lowest BCUT2D eigenvalue weighted by Crippen LogP contribution is -2.45. The average Bonchev–Trinajstić information content (AvgIpc) is 2.84. The quantitative estimate of drug-likeness (QED) is 0.902. The second-order valence-corrected chi connectivity index (χ2v) is 6.08. The van der Waals surface area contributed by atoms with Crippen LogP contribution in [0.3, 0.4) is 0 Å². The summed E-state index contributed by atoms with van der Waals surface area (Å²) in [6.07, 6.45) is 5.17. The summed E-state index contributed by atoms with van der Waals surface area (Å²) in [5.41, 5.74) is 6.26. The van der Waals surface area contributed by atoms with E-state index >= 15 is 0 Å². The number of carbonyl (C=O) groups excluding carboxylic acids is 1. The maximum Gasteiger partial charge on any atom is 0.241 e. The number of aryl methyl sites for hydroxylation is 1. The molecule has 0 spiro atoms. The number of nitrogens with two attached hydrogens (primary N) is 1. The van der Waals surface area contributed by atoms with Crippen LogP contribution in [0.1, 0.15) is 26.6 Å². The predicted molar refractivity (Wildman–Crippen MR) is 82.2 cm³/mol. The number of pyridine rings is 1. The van der Waals surface area contributed by atoms with Gasteiger partial charge >= 0.3 is 0 Å². The summed E-state index contributed by atoms with van der Waals surface area (Å²) in [5, 5.41) is 2.78. The molecule has 2 aromatic heterocycles. The van der Waals surface area contributed by atoms with Crippen molar-refractivity contribution in [3.05, 3.63) is 36.5 Å². The van der Waals surface area contributed by atoms with E-state index in [1.54, 1.807) is 18.5 Å². The molecule has 0 saturated heterocycles. The Morgan fingerprint density at radius 2 is 2.05 bits per heavy atom. The van der Waals surface area contributed by atoms with Gasteiger partial charge in [0.2, 0.25) is 5.91 Å². The van der Waals surface area contributed by atoms with Crippen LogP contribution in [0.4, 0.5) is 5.69 Å². The van der Waals surface area contributed by atoms with E-state index in [9.17, 15) is 4.79 Å². The van der Waals surface area contributed by atoms with Crippen LogP contribution in [0.5, 0.6) is 0 Å². The summed E-state index contributed by atoms with van der Waals surface area (Å²) in [7, 11) is 0. The SMILES string of the molecule is Cc1nccn1-c1ccc(NC(=O)[C@@H](N)C(C)(C)C)cn1. The van der Waals surface area contributed by atoms with Gasteiger partial charge < -0.3 is 11.1 Å². The van der Waals surface area contributed by atoms with Crippen molar-refractivity contribution in [2.24, 2.45) is 11.1 Å². The molecule has 0 aromatic carbocycles. The minimum atomic E-state index is -0.576. The summed E-state index contributed by atoms with van der Waals surface area (Å²) in [5.74, 6) is 1.40. The van der Waals surface area contributed by atoms with Gasteiger partial charge in [0.05, 0.1) is 17.9 Å². The molecule has 2 aromatic rings. The Balaban J connectivity index is 2.10.